The second-order valence-electron chi connectivity index (χ2n) is 8.32. The van der Waals surface area contributed by atoms with Crippen LogP contribution in [0.1, 0.15) is 72.7 Å². The van der Waals surface area contributed by atoms with Gasteiger partial charge in [0.05, 0.1) is 5.56 Å². The van der Waals surface area contributed by atoms with Gasteiger partial charge in [-0.2, -0.15) is 0 Å². The summed E-state index contributed by atoms with van der Waals surface area (Å²) in [5, 5.41) is 0. The molecule has 0 bridgehead atoms. The fourth-order valence-electron chi connectivity index (χ4n) is 5.54. The molecular formula is C20H32ClN3O. The maximum absolute atomic E-state index is 13.1. The van der Waals surface area contributed by atoms with Crippen LogP contribution in [-0.2, 0) is 0 Å². The van der Waals surface area contributed by atoms with Gasteiger partial charge in [-0.3, -0.25) is 4.79 Å². The summed E-state index contributed by atoms with van der Waals surface area (Å²) in [5.74, 6) is 1.38. The van der Waals surface area contributed by atoms with Crippen molar-refractivity contribution in [3.05, 3.63) is 23.0 Å². The van der Waals surface area contributed by atoms with E-state index in [0.717, 1.165) is 25.1 Å². The van der Waals surface area contributed by atoms with Gasteiger partial charge in [-0.25, -0.2) is 0 Å². The van der Waals surface area contributed by atoms with Crippen molar-refractivity contribution in [1.29, 1.82) is 0 Å². The first-order chi connectivity index (χ1) is 11.6. The Hall–Kier alpha value is -1.000. The number of nitrogens with two attached hydrogens (primary N) is 1. The number of halogens is 1. The lowest BCUT2D eigenvalue weighted by Crippen LogP contribution is -2.33. The Labute approximate surface area is 157 Å². The van der Waals surface area contributed by atoms with E-state index in [0.29, 0.717) is 23.9 Å². The molecule has 3 unspecified atom stereocenters. The summed E-state index contributed by atoms with van der Waals surface area (Å²) in [6.45, 7) is 6.06. The zero-order valence-corrected chi connectivity index (χ0v) is 16.4. The van der Waals surface area contributed by atoms with Gasteiger partial charge >= 0.3 is 0 Å². The second kappa shape index (κ2) is 7.32. The number of aryl methyl sites for hydroxylation is 1. The van der Waals surface area contributed by atoms with E-state index in [1.54, 1.807) is 0 Å². The lowest BCUT2D eigenvalue weighted by atomic mass is 9.95. The number of hydrogen-bond donors (Lipinski definition) is 1. The average Bonchev–Trinajstić information content (AvgIpc) is 3.23. The zero-order valence-electron chi connectivity index (χ0n) is 15.5. The van der Waals surface area contributed by atoms with E-state index in [4.69, 9.17) is 5.73 Å². The molecule has 0 aromatic carbocycles. The maximum atomic E-state index is 13.1. The lowest BCUT2D eigenvalue weighted by molar-refractivity contribution is 0.0778. The van der Waals surface area contributed by atoms with Gasteiger partial charge in [0, 0.05) is 36.6 Å². The molecule has 5 heteroatoms. The molecule has 140 valence electrons. The van der Waals surface area contributed by atoms with Crippen LogP contribution >= 0.6 is 12.4 Å². The van der Waals surface area contributed by atoms with Crippen LogP contribution in [0.15, 0.2) is 6.07 Å². The molecular weight excluding hydrogens is 334 g/mol. The minimum Gasteiger partial charge on any atom is -0.345 e. The monoisotopic (exact) mass is 365 g/mol. The number of fused-ring (bicyclic) bond motifs is 1. The van der Waals surface area contributed by atoms with E-state index in [9.17, 15) is 4.79 Å². The SMILES string of the molecule is Cc1cc(C(=O)N2CC3CCC(N)C3C2)c(C)n1C1CCCCC1.Cl. The fraction of sp³-hybridized carbons (Fsp3) is 0.750. The van der Waals surface area contributed by atoms with E-state index < -0.39 is 0 Å². The van der Waals surface area contributed by atoms with E-state index in [1.165, 1.54) is 49.9 Å². The molecule has 1 aromatic heterocycles. The number of likely N-dealkylation sites (tertiary alicyclic amines) is 1. The van der Waals surface area contributed by atoms with Crippen LogP contribution in [0, 0.1) is 25.7 Å². The Bertz CT molecular complexity index is 635. The third kappa shape index (κ3) is 3.23. The summed E-state index contributed by atoms with van der Waals surface area (Å²) in [5.41, 5.74) is 9.58. The van der Waals surface area contributed by atoms with Crippen molar-refractivity contribution in [2.75, 3.05) is 13.1 Å². The van der Waals surface area contributed by atoms with Crippen molar-refractivity contribution in [3.63, 3.8) is 0 Å². The summed E-state index contributed by atoms with van der Waals surface area (Å²) in [6.07, 6.45) is 8.83. The minimum absolute atomic E-state index is 0. The summed E-state index contributed by atoms with van der Waals surface area (Å²) in [4.78, 5) is 15.2. The quantitative estimate of drug-likeness (QED) is 0.865. The minimum atomic E-state index is 0. The third-order valence-electron chi connectivity index (χ3n) is 6.85. The van der Waals surface area contributed by atoms with Crippen LogP contribution in [0.25, 0.3) is 0 Å². The van der Waals surface area contributed by atoms with Crippen LogP contribution in [0.4, 0.5) is 0 Å². The maximum Gasteiger partial charge on any atom is 0.255 e. The third-order valence-corrected chi connectivity index (χ3v) is 6.85. The highest BCUT2D eigenvalue weighted by atomic mass is 35.5. The molecule has 2 saturated carbocycles. The average molecular weight is 366 g/mol. The van der Waals surface area contributed by atoms with Crippen molar-refractivity contribution >= 4 is 18.3 Å². The number of nitrogens with zero attached hydrogens (tertiary/aromatic N) is 2. The van der Waals surface area contributed by atoms with Gasteiger partial charge < -0.3 is 15.2 Å². The molecule has 3 aliphatic rings. The van der Waals surface area contributed by atoms with Crippen molar-refractivity contribution < 1.29 is 4.79 Å². The molecule has 0 radical (unpaired) electrons. The van der Waals surface area contributed by atoms with Gasteiger partial charge in [0.1, 0.15) is 0 Å². The van der Waals surface area contributed by atoms with Crippen molar-refractivity contribution in [1.82, 2.24) is 9.47 Å². The number of carbonyl (C=O) groups excluding carboxylic acids is 1. The van der Waals surface area contributed by atoms with E-state index in [1.807, 2.05) is 0 Å². The normalized spacial score (nSPS) is 29.6. The summed E-state index contributed by atoms with van der Waals surface area (Å²) < 4.78 is 2.44. The molecule has 2 N–H and O–H groups in total. The Balaban J connectivity index is 0.00000182. The van der Waals surface area contributed by atoms with Gasteiger partial charge in [0.25, 0.3) is 5.91 Å². The summed E-state index contributed by atoms with van der Waals surface area (Å²) in [6, 6.07) is 3.01. The highest BCUT2D eigenvalue weighted by Crippen LogP contribution is 2.38. The molecule has 25 heavy (non-hydrogen) atoms. The lowest BCUT2D eigenvalue weighted by Gasteiger charge is -2.26. The largest absolute Gasteiger partial charge is 0.345 e. The van der Waals surface area contributed by atoms with Crippen LogP contribution in [0.3, 0.4) is 0 Å². The number of hydrogen-bond acceptors (Lipinski definition) is 2. The highest BCUT2D eigenvalue weighted by Gasteiger charge is 2.43. The van der Waals surface area contributed by atoms with Crippen LogP contribution in [0.5, 0.6) is 0 Å². The summed E-state index contributed by atoms with van der Waals surface area (Å²) in [7, 11) is 0. The Morgan fingerprint density at radius 3 is 2.48 bits per heavy atom. The molecule has 2 heterocycles. The molecule has 4 nitrogen and oxygen atoms in total. The van der Waals surface area contributed by atoms with Gasteiger partial charge in [0.15, 0.2) is 0 Å². The fourth-order valence-corrected chi connectivity index (χ4v) is 5.54. The van der Waals surface area contributed by atoms with E-state index in [-0.39, 0.29) is 18.3 Å². The molecule has 1 amide bonds. The van der Waals surface area contributed by atoms with Crippen molar-refractivity contribution in [3.8, 4) is 0 Å². The van der Waals surface area contributed by atoms with Gasteiger partial charge in [-0.15, -0.1) is 12.4 Å². The molecule has 1 saturated heterocycles. The van der Waals surface area contributed by atoms with Crippen LogP contribution in [0.2, 0.25) is 0 Å². The Morgan fingerprint density at radius 2 is 1.80 bits per heavy atom. The van der Waals surface area contributed by atoms with Crippen molar-refractivity contribution in [2.24, 2.45) is 17.6 Å². The molecule has 4 rings (SSSR count). The van der Waals surface area contributed by atoms with Gasteiger partial charge in [-0.05, 0) is 57.4 Å². The standard InChI is InChI=1S/C20H31N3O.ClH/c1-13-10-17(14(2)23(13)16-6-4-3-5-7-16)20(24)22-11-15-8-9-19(21)18(15)12-22;/h10,15-16,18-19H,3-9,11-12,21H2,1-2H3;1H. The first-order valence-corrected chi connectivity index (χ1v) is 9.79. The van der Waals surface area contributed by atoms with E-state index in [2.05, 4.69) is 29.4 Å². The van der Waals surface area contributed by atoms with Crippen LogP contribution < -0.4 is 5.73 Å². The second-order valence-corrected chi connectivity index (χ2v) is 8.32. The topological polar surface area (TPSA) is 51.3 Å². The number of aromatic nitrogens is 1. The van der Waals surface area contributed by atoms with E-state index >= 15 is 0 Å². The Kier molecular flexibility index (Phi) is 5.50. The predicted molar refractivity (Wildman–Crippen MR) is 103 cm³/mol. The molecule has 1 aromatic rings. The smallest absolute Gasteiger partial charge is 0.255 e. The number of rotatable bonds is 2. The Morgan fingerprint density at radius 1 is 1.08 bits per heavy atom. The van der Waals surface area contributed by atoms with Crippen LogP contribution in [-0.4, -0.2) is 34.5 Å². The molecule has 2 aliphatic carbocycles. The van der Waals surface area contributed by atoms with Gasteiger partial charge in [0.2, 0.25) is 0 Å². The highest BCUT2D eigenvalue weighted by molar-refractivity contribution is 5.96. The molecule has 3 atom stereocenters. The molecule has 0 spiro atoms. The first-order valence-electron chi connectivity index (χ1n) is 9.79. The number of amides is 1. The summed E-state index contributed by atoms with van der Waals surface area (Å²) >= 11 is 0. The van der Waals surface area contributed by atoms with Crippen molar-refractivity contribution in [2.45, 2.75) is 70.9 Å². The molecule has 3 fully saturated rings. The first kappa shape index (κ1) is 18.8. The van der Waals surface area contributed by atoms with Gasteiger partial charge in [-0.1, -0.05) is 19.3 Å². The predicted octanol–water partition coefficient (Wildman–Crippen LogP) is 3.84. The number of carbonyl (C=O) groups is 1. The molecule has 1 aliphatic heterocycles. The zero-order chi connectivity index (χ0) is 16.8.